The second-order valence-electron chi connectivity index (χ2n) is 4.96. The van der Waals surface area contributed by atoms with Crippen LogP contribution in [0, 0.1) is 17.7 Å². The van der Waals surface area contributed by atoms with Crippen molar-refractivity contribution >= 4 is 15.8 Å². The smallest absolute Gasteiger partial charge is 0.307 e. The van der Waals surface area contributed by atoms with E-state index in [0.29, 0.717) is 12.8 Å². The zero-order valence-electron chi connectivity index (χ0n) is 10.4. The maximum atomic E-state index is 12.8. The molecule has 1 fully saturated rings. The summed E-state index contributed by atoms with van der Waals surface area (Å²) < 4.78 is 37.8. The molecule has 2 rings (SSSR count). The van der Waals surface area contributed by atoms with Gasteiger partial charge in [0.1, 0.15) is 5.82 Å². The van der Waals surface area contributed by atoms with E-state index >= 15 is 0 Å². The molecule has 19 heavy (non-hydrogen) atoms. The molecule has 1 aromatic rings. The predicted molar refractivity (Wildman–Crippen MR) is 66.9 cm³/mol. The lowest BCUT2D eigenvalue weighted by Gasteiger charge is -2.20. The average Bonchev–Trinajstić information content (AvgIpc) is 2.72. The molecule has 0 heterocycles. The van der Waals surface area contributed by atoms with Crippen molar-refractivity contribution in [1.82, 2.24) is 0 Å². The number of benzene rings is 1. The van der Waals surface area contributed by atoms with E-state index in [-0.39, 0.29) is 10.8 Å². The molecular formula is C13H15FO4S. The highest BCUT2D eigenvalue weighted by atomic mass is 32.2. The van der Waals surface area contributed by atoms with Crippen molar-refractivity contribution in [3.63, 3.8) is 0 Å². The number of rotatable bonds is 3. The highest BCUT2D eigenvalue weighted by Gasteiger charge is 2.46. The first-order chi connectivity index (χ1) is 8.84. The fourth-order valence-corrected chi connectivity index (χ4v) is 5.00. The Bertz CT molecular complexity index is 579. The maximum Gasteiger partial charge on any atom is 0.307 e. The third-order valence-electron chi connectivity index (χ3n) is 3.71. The van der Waals surface area contributed by atoms with Crippen LogP contribution >= 0.6 is 0 Å². The van der Waals surface area contributed by atoms with E-state index in [4.69, 9.17) is 5.11 Å². The van der Waals surface area contributed by atoms with Gasteiger partial charge in [-0.15, -0.1) is 0 Å². The van der Waals surface area contributed by atoms with Crippen molar-refractivity contribution in [2.24, 2.45) is 11.8 Å². The fourth-order valence-electron chi connectivity index (χ4n) is 2.74. The molecular weight excluding hydrogens is 271 g/mol. The van der Waals surface area contributed by atoms with Crippen molar-refractivity contribution in [2.45, 2.75) is 29.9 Å². The summed E-state index contributed by atoms with van der Waals surface area (Å²) in [6.45, 7) is 1.74. The van der Waals surface area contributed by atoms with Crippen molar-refractivity contribution in [3.05, 3.63) is 30.1 Å². The molecule has 1 aliphatic carbocycles. The number of hydrogen-bond donors (Lipinski definition) is 1. The summed E-state index contributed by atoms with van der Waals surface area (Å²) in [6.07, 6.45) is 0.934. The van der Waals surface area contributed by atoms with Gasteiger partial charge in [-0.25, -0.2) is 12.8 Å². The van der Waals surface area contributed by atoms with E-state index < -0.39 is 32.8 Å². The molecule has 0 spiro atoms. The molecule has 3 atom stereocenters. The van der Waals surface area contributed by atoms with Crippen LogP contribution in [0.25, 0.3) is 0 Å². The third kappa shape index (κ3) is 2.49. The Balaban J connectivity index is 2.43. The van der Waals surface area contributed by atoms with E-state index in [1.54, 1.807) is 6.92 Å². The molecule has 0 bridgehead atoms. The number of carboxylic acid groups (broad SMARTS) is 1. The van der Waals surface area contributed by atoms with Gasteiger partial charge in [-0.3, -0.25) is 4.79 Å². The van der Waals surface area contributed by atoms with Gasteiger partial charge in [-0.2, -0.15) is 0 Å². The summed E-state index contributed by atoms with van der Waals surface area (Å²) >= 11 is 0. The van der Waals surface area contributed by atoms with Crippen LogP contribution < -0.4 is 0 Å². The van der Waals surface area contributed by atoms with Crippen LogP contribution in [0.4, 0.5) is 4.39 Å². The van der Waals surface area contributed by atoms with Crippen LogP contribution in [-0.2, 0) is 14.6 Å². The summed E-state index contributed by atoms with van der Waals surface area (Å²) in [5, 5.41) is 8.20. The molecule has 1 unspecified atom stereocenters. The lowest BCUT2D eigenvalue weighted by atomic mass is 10.1. The van der Waals surface area contributed by atoms with E-state index in [2.05, 4.69) is 0 Å². The van der Waals surface area contributed by atoms with E-state index in [1.165, 1.54) is 12.1 Å². The predicted octanol–water partition coefficient (Wildman–Crippen LogP) is 2.10. The first kappa shape index (κ1) is 14.0. The second kappa shape index (κ2) is 4.92. The molecule has 104 valence electrons. The van der Waals surface area contributed by atoms with Crippen LogP contribution in [0.15, 0.2) is 29.2 Å². The first-order valence-corrected chi connectivity index (χ1v) is 7.61. The number of hydrogen-bond acceptors (Lipinski definition) is 3. The maximum absolute atomic E-state index is 12.8. The molecule has 0 saturated heterocycles. The molecule has 1 aliphatic rings. The minimum atomic E-state index is -3.75. The Morgan fingerprint density at radius 2 is 1.84 bits per heavy atom. The number of carbonyl (C=O) groups is 1. The van der Waals surface area contributed by atoms with Gasteiger partial charge in [0.25, 0.3) is 0 Å². The Kier molecular flexibility index (Phi) is 3.62. The molecule has 0 radical (unpaired) electrons. The van der Waals surface area contributed by atoms with Crippen molar-refractivity contribution < 1.29 is 22.7 Å². The highest BCUT2D eigenvalue weighted by molar-refractivity contribution is 7.92. The second-order valence-corrected chi connectivity index (χ2v) is 7.07. The van der Waals surface area contributed by atoms with Gasteiger partial charge in [-0.05, 0) is 43.0 Å². The SMILES string of the molecule is C[C@H]1CC[C@@H](C(=O)O)C1S(=O)(=O)c1ccc(F)cc1. The van der Waals surface area contributed by atoms with Gasteiger partial charge in [0.2, 0.25) is 0 Å². The lowest BCUT2D eigenvalue weighted by molar-refractivity contribution is -0.141. The first-order valence-electron chi connectivity index (χ1n) is 6.06. The molecule has 0 amide bonds. The average molecular weight is 286 g/mol. The summed E-state index contributed by atoms with van der Waals surface area (Å²) in [7, 11) is -3.75. The zero-order chi connectivity index (χ0) is 14.2. The molecule has 1 N–H and O–H groups in total. The number of sulfone groups is 1. The largest absolute Gasteiger partial charge is 0.481 e. The van der Waals surface area contributed by atoms with Crippen molar-refractivity contribution in [1.29, 1.82) is 0 Å². The van der Waals surface area contributed by atoms with Crippen LogP contribution in [-0.4, -0.2) is 24.7 Å². The van der Waals surface area contributed by atoms with Crippen molar-refractivity contribution in [2.75, 3.05) is 0 Å². The molecule has 0 aromatic heterocycles. The topological polar surface area (TPSA) is 71.4 Å². The molecule has 4 nitrogen and oxygen atoms in total. The quantitative estimate of drug-likeness (QED) is 0.864. The van der Waals surface area contributed by atoms with E-state index in [0.717, 1.165) is 12.1 Å². The zero-order valence-corrected chi connectivity index (χ0v) is 11.2. The van der Waals surface area contributed by atoms with Crippen LogP contribution in [0.3, 0.4) is 0 Å². The van der Waals surface area contributed by atoms with Gasteiger partial charge in [0.15, 0.2) is 9.84 Å². The summed E-state index contributed by atoms with van der Waals surface area (Å²) in [6, 6.07) is 4.52. The summed E-state index contributed by atoms with van der Waals surface area (Å²) in [4.78, 5) is 11.2. The summed E-state index contributed by atoms with van der Waals surface area (Å²) in [5.74, 6) is -2.70. The van der Waals surface area contributed by atoms with Gasteiger partial charge in [0.05, 0.1) is 16.1 Å². The third-order valence-corrected chi connectivity index (χ3v) is 6.15. The lowest BCUT2D eigenvalue weighted by Crippen LogP contribution is -2.34. The molecule has 1 saturated carbocycles. The minimum Gasteiger partial charge on any atom is -0.481 e. The monoisotopic (exact) mass is 286 g/mol. The van der Waals surface area contributed by atoms with Crippen molar-refractivity contribution in [3.8, 4) is 0 Å². The van der Waals surface area contributed by atoms with Crippen LogP contribution in [0.2, 0.25) is 0 Å². The standard InChI is InChI=1S/C13H15FO4S/c1-8-2-7-11(13(15)16)12(8)19(17,18)10-5-3-9(14)4-6-10/h3-6,8,11-12H,2,7H2,1H3,(H,15,16)/t8-,11+,12?/m0/s1. The Labute approximate surface area is 111 Å². The van der Waals surface area contributed by atoms with Gasteiger partial charge >= 0.3 is 5.97 Å². The van der Waals surface area contributed by atoms with Crippen LogP contribution in [0.1, 0.15) is 19.8 Å². The number of halogens is 1. The molecule has 0 aliphatic heterocycles. The highest BCUT2D eigenvalue weighted by Crippen LogP contribution is 2.38. The summed E-state index contributed by atoms with van der Waals surface area (Å²) in [5.41, 5.74) is 0. The fraction of sp³-hybridized carbons (Fsp3) is 0.462. The van der Waals surface area contributed by atoms with E-state index in [9.17, 15) is 17.6 Å². The van der Waals surface area contributed by atoms with Gasteiger partial charge in [-0.1, -0.05) is 6.92 Å². The van der Waals surface area contributed by atoms with Gasteiger partial charge in [0, 0.05) is 0 Å². The Morgan fingerprint density at radius 1 is 1.26 bits per heavy atom. The normalized spacial score (nSPS) is 27.4. The Morgan fingerprint density at radius 3 is 2.37 bits per heavy atom. The minimum absolute atomic E-state index is 0.0149. The Hall–Kier alpha value is -1.43. The molecule has 6 heteroatoms. The number of carboxylic acids is 1. The van der Waals surface area contributed by atoms with E-state index in [1.807, 2.05) is 0 Å². The molecule has 1 aromatic carbocycles. The number of aliphatic carboxylic acids is 1. The van der Waals surface area contributed by atoms with Gasteiger partial charge < -0.3 is 5.11 Å². The van der Waals surface area contributed by atoms with Crippen LogP contribution in [0.5, 0.6) is 0 Å².